The average molecular weight is 411 g/mol. The molecular formula is C24H42O5. The first-order valence-electron chi connectivity index (χ1n) is 12.5. The van der Waals surface area contributed by atoms with Crippen LogP contribution in [-0.2, 0) is 14.2 Å². The van der Waals surface area contributed by atoms with E-state index in [4.69, 9.17) is 14.2 Å². The number of hydrogen-bond donors (Lipinski definition) is 2. The van der Waals surface area contributed by atoms with Gasteiger partial charge in [-0.3, -0.25) is 0 Å². The van der Waals surface area contributed by atoms with Crippen LogP contribution in [0, 0.1) is 0 Å². The molecule has 0 heterocycles. The minimum absolute atomic E-state index is 0.172. The van der Waals surface area contributed by atoms with Crippen LogP contribution in [-0.4, -0.2) is 59.0 Å². The summed E-state index contributed by atoms with van der Waals surface area (Å²) in [5.74, 6) is 0. The van der Waals surface area contributed by atoms with Crippen molar-refractivity contribution in [1.82, 2.24) is 0 Å². The summed E-state index contributed by atoms with van der Waals surface area (Å²) in [6.07, 6.45) is 18.1. The number of hydrogen-bond acceptors (Lipinski definition) is 5. The third-order valence-electron chi connectivity index (χ3n) is 7.51. The average Bonchev–Trinajstić information content (AvgIpc) is 2.69. The van der Waals surface area contributed by atoms with Crippen LogP contribution < -0.4 is 0 Å². The highest BCUT2D eigenvalue weighted by Crippen LogP contribution is 2.33. The summed E-state index contributed by atoms with van der Waals surface area (Å²) >= 11 is 0. The van der Waals surface area contributed by atoms with Gasteiger partial charge in [-0.25, -0.2) is 0 Å². The van der Waals surface area contributed by atoms with Crippen LogP contribution in [0.2, 0.25) is 0 Å². The molecule has 8 atom stereocenters. The first kappa shape index (κ1) is 22.0. The van der Waals surface area contributed by atoms with Crippen molar-refractivity contribution in [3.63, 3.8) is 0 Å². The second kappa shape index (κ2) is 10.9. The monoisotopic (exact) mass is 410 g/mol. The Morgan fingerprint density at radius 2 is 0.655 bits per heavy atom. The van der Waals surface area contributed by atoms with Gasteiger partial charge in [-0.15, -0.1) is 0 Å². The van der Waals surface area contributed by atoms with Crippen molar-refractivity contribution >= 4 is 0 Å². The fourth-order valence-electron chi connectivity index (χ4n) is 6.00. The highest BCUT2D eigenvalue weighted by molar-refractivity contribution is 4.82. The van der Waals surface area contributed by atoms with Crippen molar-refractivity contribution < 1.29 is 24.4 Å². The van der Waals surface area contributed by atoms with Crippen molar-refractivity contribution in [3.8, 4) is 0 Å². The van der Waals surface area contributed by atoms with Gasteiger partial charge in [-0.2, -0.15) is 0 Å². The Hall–Kier alpha value is -0.200. The predicted octanol–water partition coefficient (Wildman–Crippen LogP) is 4.27. The maximum absolute atomic E-state index is 9.90. The van der Waals surface area contributed by atoms with Gasteiger partial charge in [-0.1, -0.05) is 0 Å². The van der Waals surface area contributed by atoms with Crippen molar-refractivity contribution in [2.75, 3.05) is 0 Å². The Bertz CT molecular complexity index is 444. The molecule has 0 aromatic heterocycles. The van der Waals surface area contributed by atoms with E-state index in [2.05, 4.69) is 0 Å². The zero-order valence-electron chi connectivity index (χ0n) is 18.1. The summed E-state index contributed by atoms with van der Waals surface area (Å²) in [5.41, 5.74) is 0. The molecule has 4 rings (SSSR count). The van der Waals surface area contributed by atoms with E-state index < -0.39 is 0 Å². The molecule has 0 radical (unpaired) electrons. The zero-order valence-corrected chi connectivity index (χ0v) is 18.1. The molecule has 0 aliphatic heterocycles. The fourth-order valence-corrected chi connectivity index (χ4v) is 6.00. The minimum Gasteiger partial charge on any atom is -0.393 e. The van der Waals surface area contributed by atoms with Crippen LogP contribution in [0.25, 0.3) is 0 Å². The summed E-state index contributed by atoms with van der Waals surface area (Å²) in [7, 11) is 0. The molecule has 5 nitrogen and oxygen atoms in total. The van der Waals surface area contributed by atoms with Crippen molar-refractivity contribution in [2.24, 2.45) is 0 Å². The van der Waals surface area contributed by atoms with Gasteiger partial charge in [0.1, 0.15) is 0 Å². The van der Waals surface area contributed by atoms with E-state index in [0.29, 0.717) is 24.4 Å². The highest BCUT2D eigenvalue weighted by atomic mass is 16.5. The second-order valence-electron chi connectivity index (χ2n) is 10.1. The Labute approximate surface area is 176 Å². The quantitative estimate of drug-likeness (QED) is 0.685. The Morgan fingerprint density at radius 1 is 0.379 bits per heavy atom. The highest BCUT2D eigenvalue weighted by Gasteiger charge is 2.32. The van der Waals surface area contributed by atoms with E-state index >= 15 is 0 Å². The molecule has 4 aliphatic carbocycles. The lowest BCUT2D eigenvalue weighted by molar-refractivity contribution is -0.132. The van der Waals surface area contributed by atoms with Crippen molar-refractivity contribution in [2.45, 2.75) is 152 Å². The van der Waals surface area contributed by atoms with E-state index in [1.165, 1.54) is 12.8 Å². The lowest BCUT2D eigenvalue weighted by Gasteiger charge is -2.38. The molecule has 0 amide bonds. The molecule has 0 aromatic rings. The molecule has 29 heavy (non-hydrogen) atoms. The van der Waals surface area contributed by atoms with Gasteiger partial charge in [0.05, 0.1) is 48.8 Å². The van der Waals surface area contributed by atoms with Crippen LogP contribution >= 0.6 is 0 Å². The maximum Gasteiger partial charge on any atom is 0.0603 e. The van der Waals surface area contributed by atoms with E-state index in [0.717, 1.165) is 89.9 Å². The first-order chi connectivity index (χ1) is 14.1. The first-order valence-corrected chi connectivity index (χ1v) is 12.5. The fraction of sp³-hybridized carbons (Fsp3) is 1.00. The smallest absolute Gasteiger partial charge is 0.0603 e. The maximum atomic E-state index is 9.90. The van der Waals surface area contributed by atoms with Gasteiger partial charge >= 0.3 is 0 Å². The molecule has 0 aromatic carbocycles. The third kappa shape index (κ3) is 6.90. The Kier molecular flexibility index (Phi) is 8.27. The Balaban J connectivity index is 1.20. The molecule has 4 fully saturated rings. The number of ether oxygens (including phenoxy) is 3. The topological polar surface area (TPSA) is 68.2 Å². The van der Waals surface area contributed by atoms with E-state index in [9.17, 15) is 10.2 Å². The molecule has 4 aliphatic rings. The standard InChI is InChI=1S/C24H42O5/c25-17-5-1-7-19(13-17)27-21-9-3-11-23(15-21)29-24-12-4-10-22(16-24)28-20-8-2-6-18(26)14-20/h17-26H,1-16H2. The number of aliphatic hydroxyl groups is 2. The summed E-state index contributed by atoms with van der Waals surface area (Å²) in [6, 6.07) is 0. The largest absolute Gasteiger partial charge is 0.393 e. The molecule has 8 unspecified atom stereocenters. The molecule has 0 bridgehead atoms. The van der Waals surface area contributed by atoms with Gasteiger partial charge in [0.25, 0.3) is 0 Å². The molecule has 168 valence electrons. The zero-order chi connectivity index (χ0) is 20.1. The molecule has 5 heteroatoms. The summed E-state index contributed by atoms with van der Waals surface area (Å²) in [5, 5.41) is 19.8. The normalized spacial score (nSPS) is 44.5. The molecule has 0 spiro atoms. The summed E-state index contributed by atoms with van der Waals surface area (Å²) < 4.78 is 19.3. The van der Waals surface area contributed by atoms with E-state index in [-0.39, 0.29) is 24.4 Å². The molecular weight excluding hydrogens is 368 g/mol. The number of rotatable bonds is 6. The van der Waals surface area contributed by atoms with E-state index in [1.807, 2.05) is 0 Å². The van der Waals surface area contributed by atoms with Crippen LogP contribution in [0.5, 0.6) is 0 Å². The van der Waals surface area contributed by atoms with Gasteiger partial charge in [0, 0.05) is 0 Å². The van der Waals surface area contributed by atoms with E-state index in [1.54, 1.807) is 0 Å². The number of aliphatic hydroxyl groups excluding tert-OH is 2. The molecule has 4 saturated carbocycles. The van der Waals surface area contributed by atoms with Gasteiger partial charge in [0.15, 0.2) is 0 Å². The van der Waals surface area contributed by atoms with Crippen molar-refractivity contribution in [1.29, 1.82) is 0 Å². The second-order valence-corrected chi connectivity index (χ2v) is 10.1. The van der Waals surface area contributed by atoms with Gasteiger partial charge < -0.3 is 24.4 Å². The Morgan fingerprint density at radius 3 is 0.966 bits per heavy atom. The SMILES string of the molecule is OC1CCCC(OC2CCCC(OC3CCCC(OC4CCCC(O)C4)C3)C2)C1. The van der Waals surface area contributed by atoms with Gasteiger partial charge in [-0.05, 0) is 103 Å². The van der Waals surface area contributed by atoms with Crippen LogP contribution in [0.1, 0.15) is 103 Å². The lowest BCUT2D eigenvalue weighted by Crippen LogP contribution is -2.38. The van der Waals surface area contributed by atoms with Crippen LogP contribution in [0.4, 0.5) is 0 Å². The van der Waals surface area contributed by atoms with Crippen molar-refractivity contribution in [3.05, 3.63) is 0 Å². The van der Waals surface area contributed by atoms with Crippen LogP contribution in [0.3, 0.4) is 0 Å². The third-order valence-corrected chi connectivity index (χ3v) is 7.51. The lowest BCUT2D eigenvalue weighted by atomic mass is 9.90. The molecule has 0 saturated heterocycles. The van der Waals surface area contributed by atoms with Crippen LogP contribution in [0.15, 0.2) is 0 Å². The predicted molar refractivity (Wildman–Crippen MR) is 112 cm³/mol. The summed E-state index contributed by atoms with van der Waals surface area (Å²) in [6.45, 7) is 0. The molecule has 2 N–H and O–H groups in total. The summed E-state index contributed by atoms with van der Waals surface area (Å²) in [4.78, 5) is 0. The minimum atomic E-state index is -0.172. The van der Waals surface area contributed by atoms with Gasteiger partial charge in [0.2, 0.25) is 0 Å².